The number of hydrogen-bond acceptors (Lipinski definition) is 3. The van der Waals surface area contributed by atoms with Gasteiger partial charge in [-0.15, -0.1) is 11.3 Å². The van der Waals surface area contributed by atoms with Crippen molar-refractivity contribution in [2.75, 3.05) is 12.4 Å². The van der Waals surface area contributed by atoms with Crippen LogP contribution < -0.4 is 5.32 Å². The van der Waals surface area contributed by atoms with Crippen LogP contribution in [0.2, 0.25) is 0 Å². The monoisotopic (exact) mass is 363 g/mol. The number of nitrogens with one attached hydrogen (secondary N) is 1. The summed E-state index contributed by atoms with van der Waals surface area (Å²) in [6.45, 7) is 1.43. The first-order valence-corrected chi connectivity index (χ1v) is 8.41. The first-order chi connectivity index (χ1) is 11.8. The highest BCUT2D eigenvalue weighted by atomic mass is 32.1. The SMILES string of the molecule is CNc1sc(-c2ccccc2)c(O)c1-c1ccc(C)c(C(F)(F)F)c1. The van der Waals surface area contributed by atoms with Crippen LogP contribution in [-0.4, -0.2) is 12.2 Å². The van der Waals surface area contributed by atoms with Crippen LogP contribution in [-0.2, 0) is 6.18 Å². The lowest BCUT2D eigenvalue weighted by Gasteiger charge is -2.13. The molecule has 25 heavy (non-hydrogen) atoms. The van der Waals surface area contributed by atoms with Crippen LogP contribution in [0.3, 0.4) is 0 Å². The fourth-order valence-corrected chi connectivity index (χ4v) is 3.81. The molecule has 2 nitrogen and oxygen atoms in total. The van der Waals surface area contributed by atoms with Crippen molar-refractivity contribution in [3.05, 3.63) is 59.7 Å². The third kappa shape index (κ3) is 3.22. The van der Waals surface area contributed by atoms with E-state index in [4.69, 9.17) is 0 Å². The van der Waals surface area contributed by atoms with E-state index in [0.29, 0.717) is 21.0 Å². The second-order valence-corrected chi connectivity index (χ2v) is 6.65. The molecule has 0 radical (unpaired) electrons. The van der Waals surface area contributed by atoms with E-state index < -0.39 is 11.7 Å². The van der Waals surface area contributed by atoms with Crippen molar-refractivity contribution >= 4 is 16.3 Å². The normalized spacial score (nSPS) is 11.6. The van der Waals surface area contributed by atoms with Crippen LogP contribution in [0.25, 0.3) is 21.6 Å². The van der Waals surface area contributed by atoms with Gasteiger partial charge in [0.1, 0.15) is 10.8 Å². The summed E-state index contributed by atoms with van der Waals surface area (Å²) >= 11 is 1.31. The van der Waals surface area contributed by atoms with E-state index in [9.17, 15) is 18.3 Å². The molecule has 0 aliphatic heterocycles. The van der Waals surface area contributed by atoms with Crippen molar-refractivity contribution in [2.24, 2.45) is 0 Å². The van der Waals surface area contributed by atoms with Gasteiger partial charge in [0.25, 0.3) is 0 Å². The summed E-state index contributed by atoms with van der Waals surface area (Å²) in [5, 5.41) is 14.3. The molecule has 1 aromatic heterocycles. The van der Waals surface area contributed by atoms with Crippen LogP contribution in [0.15, 0.2) is 48.5 Å². The Morgan fingerprint density at radius 3 is 2.28 bits per heavy atom. The van der Waals surface area contributed by atoms with Crippen molar-refractivity contribution in [1.82, 2.24) is 0 Å². The third-order valence-electron chi connectivity index (χ3n) is 3.98. The molecular formula is C19H16F3NOS. The molecule has 0 bridgehead atoms. The number of alkyl halides is 3. The van der Waals surface area contributed by atoms with Gasteiger partial charge >= 0.3 is 6.18 Å². The maximum Gasteiger partial charge on any atom is 0.416 e. The Morgan fingerprint density at radius 1 is 1.00 bits per heavy atom. The van der Waals surface area contributed by atoms with Crippen LogP contribution >= 0.6 is 11.3 Å². The van der Waals surface area contributed by atoms with Crippen LogP contribution in [0.5, 0.6) is 5.75 Å². The second-order valence-electron chi connectivity index (χ2n) is 5.63. The number of anilines is 1. The van der Waals surface area contributed by atoms with E-state index >= 15 is 0 Å². The predicted octanol–water partition coefficient (Wildman–Crippen LogP) is 6.16. The molecule has 0 aliphatic rings. The summed E-state index contributed by atoms with van der Waals surface area (Å²) in [5.41, 5.74) is 0.991. The third-order valence-corrected chi connectivity index (χ3v) is 5.22. The minimum Gasteiger partial charge on any atom is -0.506 e. The molecule has 6 heteroatoms. The molecule has 3 rings (SSSR count). The predicted molar refractivity (Wildman–Crippen MR) is 96.1 cm³/mol. The quantitative estimate of drug-likeness (QED) is 0.584. The van der Waals surface area contributed by atoms with E-state index in [1.807, 2.05) is 30.3 Å². The summed E-state index contributed by atoms with van der Waals surface area (Å²) in [6.07, 6.45) is -4.44. The van der Waals surface area contributed by atoms with E-state index in [1.165, 1.54) is 24.3 Å². The van der Waals surface area contributed by atoms with Gasteiger partial charge < -0.3 is 10.4 Å². The van der Waals surface area contributed by atoms with Gasteiger partial charge in [0.15, 0.2) is 0 Å². The van der Waals surface area contributed by atoms with Crippen LogP contribution in [0, 0.1) is 6.92 Å². The Kier molecular flexibility index (Phi) is 4.47. The molecule has 2 N–H and O–H groups in total. The highest BCUT2D eigenvalue weighted by molar-refractivity contribution is 7.20. The Morgan fingerprint density at radius 2 is 1.68 bits per heavy atom. The summed E-state index contributed by atoms with van der Waals surface area (Å²) in [7, 11) is 1.68. The van der Waals surface area contributed by atoms with Gasteiger partial charge in [-0.2, -0.15) is 13.2 Å². The number of aryl methyl sites for hydroxylation is 1. The molecule has 0 spiro atoms. The van der Waals surface area contributed by atoms with Crippen molar-refractivity contribution in [2.45, 2.75) is 13.1 Å². The lowest BCUT2D eigenvalue weighted by Crippen LogP contribution is -2.07. The van der Waals surface area contributed by atoms with E-state index in [-0.39, 0.29) is 11.3 Å². The maximum atomic E-state index is 13.2. The lowest BCUT2D eigenvalue weighted by atomic mass is 9.99. The zero-order chi connectivity index (χ0) is 18.2. The molecule has 2 aromatic carbocycles. The molecule has 0 aliphatic carbocycles. The standard InChI is InChI=1S/C19H16F3NOS/c1-11-8-9-13(10-14(11)19(20,21)22)15-16(24)17(25-18(15)23-2)12-6-4-3-5-7-12/h3-10,23-24H,1-2H3. The van der Waals surface area contributed by atoms with Crippen LogP contribution in [0.4, 0.5) is 18.2 Å². The number of halogens is 3. The molecule has 130 valence electrons. The van der Waals surface area contributed by atoms with Gasteiger partial charge in [-0.3, -0.25) is 0 Å². The summed E-state index contributed by atoms with van der Waals surface area (Å²) < 4.78 is 39.7. The zero-order valence-electron chi connectivity index (χ0n) is 13.6. The Labute approximate surface area is 147 Å². The highest BCUT2D eigenvalue weighted by Gasteiger charge is 2.33. The fourth-order valence-electron chi connectivity index (χ4n) is 2.73. The molecular weight excluding hydrogens is 347 g/mol. The molecule has 0 atom stereocenters. The first kappa shape index (κ1) is 17.4. The maximum absolute atomic E-state index is 13.2. The number of rotatable bonds is 3. The smallest absolute Gasteiger partial charge is 0.416 e. The van der Waals surface area contributed by atoms with E-state index in [2.05, 4.69) is 5.32 Å². The topological polar surface area (TPSA) is 32.3 Å². The zero-order valence-corrected chi connectivity index (χ0v) is 14.4. The van der Waals surface area contributed by atoms with Gasteiger partial charge in [0.05, 0.1) is 16.0 Å². The van der Waals surface area contributed by atoms with E-state index in [1.54, 1.807) is 13.1 Å². The van der Waals surface area contributed by atoms with Gasteiger partial charge in [-0.25, -0.2) is 0 Å². The average molecular weight is 363 g/mol. The van der Waals surface area contributed by atoms with Crippen molar-refractivity contribution in [1.29, 1.82) is 0 Å². The molecule has 0 fully saturated rings. The van der Waals surface area contributed by atoms with Gasteiger partial charge in [0, 0.05) is 7.05 Å². The fraction of sp³-hybridized carbons (Fsp3) is 0.158. The Balaban J connectivity index is 2.20. The minimum atomic E-state index is -4.44. The average Bonchev–Trinajstić information content (AvgIpc) is 2.92. The molecule has 0 saturated heterocycles. The highest BCUT2D eigenvalue weighted by Crippen LogP contribution is 2.50. The summed E-state index contributed by atoms with van der Waals surface area (Å²) in [4.78, 5) is 0.620. The van der Waals surface area contributed by atoms with Crippen molar-refractivity contribution < 1.29 is 18.3 Å². The molecule has 1 heterocycles. The first-order valence-electron chi connectivity index (χ1n) is 7.60. The number of benzene rings is 2. The number of hydrogen-bond donors (Lipinski definition) is 2. The molecule has 0 amide bonds. The second kappa shape index (κ2) is 6.44. The summed E-state index contributed by atoms with van der Waals surface area (Å²) in [5.74, 6) is -0.0162. The minimum absolute atomic E-state index is 0.0162. The van der Waals surface area contributed by atoms with Crippen molar-refractivity contribution in [3.63, 3.8) is 0 Å². The lowest BCUT2D eigenvalue weighted by molar-refractivity contribution is -0.138. The Bertz CT molecular complexity index is 901. The number of aromatic hydroxyl groups is 1. The molecule has 3 aromatic rings. The number of thiophene rings is 1. The Hall–Kier alpha value is -2.47. The summed E-state index contributed by atoms with van der Waals surface area (Å²) in [6, 6.07) is 13.4. The van der Waals surface area contributed by atoms with E-state index in [0.717, 1.165) is 11.6 Å². The molecule has 0 unspecified atom stereocenters. The van der Waals surface area contributed by atoms with Gasteiger partial charge in [-0.1, -0.05) is 42.5 Å². The molecule has 0 saturated carbocycles. The van der Waals surface area contributed by atoms with Gasteiger partial charge in [-0.05, 0) is 29.7 Å². The largest absolute Gasteiger partial charge is 0.506 e. The van der Waals surface area contributed by atoms with Gasteiger partial charge in [0.2, 0.25) is 0 Å². The van der Waals surface area contributed by atoms with Crippen LogP contribution in [0.1, 0.15) is 11.1 Å². The van der Waals surface area contributed by atoms with Crippen molar-refractivity contribution in [3.8, 4) is 27.3 Å².